The summed E-state index contributed by atoms with van der Waals surface area (Å²) in [4.78, 5) is 4.28. The van der Waals surface area contributed by atoms with Crippen LogP contribution in [0, 0.1) is 0 Å². The summed E-state index contributed by atoms with van der Waals surface area (Å²) >= 11 is 11.8. The van der Waals surface area contributed by atoms with Crippen LogP contribution in [0.4, 0.5) is 0 Å². The van der Waals surface area contributed by atoms with E-state index in [1.165, 1.54) is 0 Å². The first-order chi connectivity index (χ1) is 11.6. The lowest BCUT2D eigenvalue weighted by Crippen LogP contribution is -2.33. The molecule has 0 saturated carbocycles. The molecule has 0 saturated heterocycles. The zero-order valence-electron chi connectivity index (χ0n) is 12.6. The Bertz CT molecular complexity index is 656. The molecule has 3 rings (SSSR count). The zero-order valence-corrected chi connectivity index (χ0v) is 14.1. The second kappa shape index (κ2) is 7.75. The van der Waals surface area contributed by atoms with E-state index in [0.29, 0.717) is 21.5 Å². The van der Waals surface area contributed by atoms with Crippen molar-refractivity contribution >= 4 is 29.1 Å². The molecular formula is C17H15Cl2NO4. The van der Waals surface area contributed by atoms with Crippen LogP contribution in [0.15, 0.2) is 53.5 Å². The molecule has 1 aliphatic heterocycles. The molecule has 0 radical (unpaired) electrons. The number of aliphatic imine (C=N–C) groups is 1. The van der Waals surface area contributed by atoms with Gasteiger partial charge in [0.2, 0.25) is 0 Å². The van der Waals surface area contributed by atoms with Crippen molar-refractivity contribution < 1.29 is 19.3 Å². The van der Waals surface area contributed by atoms with Crippen LogP contribution in [0.2, 0.25) is 10.0 Å². The number of halogens is 2. The van der Waals surface area contributed by atoms with Crippen LogP contribution in [-0.4, -0.2) is 36.5 Å². The first-order valence-corrected chi connectivity index (χ1v) is 8.05. The van der Waals surface area contributed by atoms with Gasteiger partial charge in [-0.2, -0.15) is 0 Å². The van der Waals surface area contributed by atoms with Gasteiger partial charge in [-0.1, -0.05) is 23.2 Å². The highest BCUT2D eigenvalue weighted by molar-refractivity contribution is 6.30. The molecule has 0 amide bonds. The van der Waals surface area contributed by atoms with Crippen LogP contribution >= 0.6 is 23.2 Å². The van der Waals surface area contributed by atoms with Gasteiger partial charge in [-0.3, -0.25) is 0 Å². The smallest absolute Gasteiger partial charge is 0.318 e. The van der Waals surface area contributed by atoms with E-state index >= 15 is 0 Å². The van der Waals surface area contributed by atoms with Gasteiger partial charge in [0.1, 0.15) is 24.1 Å². The quantitative estimate of drug-likeness (QED) is 0.792. The molecule has 2 aromatic carbocycles. The Morgan fingerprint density at radius 3 is 1.92 bits per heavy atom. The normalized spacial score (nSPS) is 16.7. The Balaban J connectivity index is 1.80. The number of hydrogen-bond acceptors (Lipinski definition) is 5. The van der Waals surface area contributed by atoms with Crippen molar-refractivity contribution in [2.75, 3.05) is 13.2 Å². The van der Waals surface area contributed by atoms with Crippen LogP contribution in [0.25, 0.3) is 0 Å². The maximum atomic E-state index is 9.21. The third kappa shape index (κ3) is 4.32. The van der Waals surface area contributed by atoms with Gasteiger partial charge < -0.3 is 19.3 Å². The number of rotatable bonds is 6. The summed E-state index contributed by atoms with van der Waals surface area (Å²) < 4.78 is 17.2. The van der Waals surface area contributed by atoms with Crippen LogP contribution < -0.4 is 9.47 Å². The fourth-order valence-corrected chi connectivity index (χ4v) is 2.31. The van der Waals surface area contributed by atoms with Gasteiger partial charge in [0.15, 0.2) is 0 Å². The van der Waals surface area contributed by atoms with Crippen molar-refractivity contribution in [3.05, 3.63) is 58.6 Å². The molecule has 0 bridgehead atoms. The van der Waals surface area contributed by atoms with E-state index in [2.05, 4.69) is 4.99 Å². The molecule has 126 valence electrons. The molecule has 1 heterocycles. The van der Waals surface area contributed by atoms with Crippen LogP contribution in [-0.2, 0) is 4.74 Å². The number of nitrogens with zero attached hydrogens (tertiary/aromatic N) is 1. The van der Waals surface area contributed by atoms with Crippen molar-refractivity contribution in [2.45, 2.75) is 12.3 Å². The molecule has 1 N–H and O–H groups in total. The van der Waals surface area contributed by atoms with Gasteiger partial charge in [-0.15, -0.1) is 0 Å². The van der Waals surface area contributed by atoms with Crippen LogP contribution in [0.5, 0.6) is 11.5 Å². The fraction of sp³-hybridized carbons (Fsp3) is 0.235. The molecule has 0 fully saturated rings. The van der Waals surface area contributed by atoms with E-state index in [9.17, 15) is 5.11 Å². The number of ether oxygens (including phenoxy) is 3. The third-order valence-electron chi connectivity index (χ3n) is 3.26. The van der Waals surface area contributed by atoms with E-state index < -0.39 is 6.29 Å². The molecule has 0 spiro atoms. The summed E-state index contributed by atoms with van der Waals surface area (Å²) in [7, 11) is 0. The standard InChI is InChI=1S/C17H15Cl2NO4/c18-11-1-5-14(6-2-11)23-17(16-20-13(9-21)10-22-16)24-15-7-3-12(19)4-8-15/h1-8,13,17,21H,9-10H2. The van der Waals surface area contributed by atoms with E-state index in [4.69, 9.17) is 37.4 Å². The van der Waals surface area contributed by atoms with E-state index in [0.717, 1.165) is 0 Å². The summed E-state index contributed by atoms with van der Waals surface area (Å²) in [6.07, 6.45) is -0.885. The Morgan fingerprint density at radius 1 is 1.00 bits per heavy atom. The minimum atomic E-state index is -0.885. The Labute approximate surface area is 149 Å². The van der Waals surface area contributed by atoms with E-state index in [-0.39, 0.29) is 25.2 Å². The lowest BCUT2D eigenvalue weighted by atomic mass is 10.3. The second-order valence-corrected chi connectivity index (χ2v) is 5.96. The predicted octanol–water partition coefficient (Wildman–Crippen LogP) is 3.57. The highest BCUT2D eigenvalue weighted by Crippen LogP contribution is 2.22. The average Bonchev–Trinajstić information content (AvgIpc) is 3.07. The lowest BCUT2D eigenvalue weighted by Gasteiger charge is -2.20. The number of aliphatic hydroxyl groups is 1. The first kappa shape index (κ1) is 16.9. The summed E-state index contributed by atoms with van der Waals surface area (Å²) in [5, 5.41) is 10.4. The molecular weight excluding hydrogens is 353 g/mol. The molecule has 7 heteroatoms. The lowest BCUT2D eigenvalue weighted by molar-refractivity contribution is 0.0446. The monoisotopic (exact) mass is 367 g/mol. The molecule has 0 aliphatic carbocycles. The summed E-state index contributed by atoms with van der Waals surface area (Å²) in [6, 6.07) is 13.4. The van der Waals surface area contributed by atoms with Gasteiger partial charge in [-0.05, 0) is 48.5 Å². The maximum absolute atomic E-state index is 9.21. The predicted molar refractivity (Wildman–Crippen MR) is 92.2 cm³/mol. The van der Waals surface area contributed by atoms with Crippen LogP contribution in [0.3, 0.4) is 0 Å². The Kier molecular flexibility index (Phi) is 5.45. The van der Waals surface area contributed by atoms with Gasteiger partial charge in [0, 0.05) is 10.0 Å². The van der Waals surface area contributed by atoms with Gasteiger partial charge in [0.25, 0.3) is 5.90 Å². The minimum absolute atomic E-state index is 0.0991. The van der Waals surface area contributed by atoms with E-state index in [1.807, 2.05) is 0 Å². The summed E-state index contributed by atoms with van der Waals surface area (Å²) in [6.45, 7) is 0.189. The highest BCUT2D eigenvalue weighted by atomic mass is 35.5. The number of hydrogen-bond donors (Lipinski definition) is 1. The van der Waals surface area contributed by atoms with Crippen molar-refractivity contribution in [1.29, 1.82) is 0 Å². The zero-order chi connectivity index (χ0) is 16.9. The first-order valence-electron chi connectivity index (χ1n) is 7.30. The number of benzene rings is 2. The summed E-state index contributed by atoms with van der Waals surface area (Å²) in [5.74, 6) is 1.38. The molecule has 1 atom stereocenters. The average molecular weight is 368 g/mol. The van der Waals surface area contributed by atoms with Gasteiger partial charge in [0.05, 0.1) is 6.61 Å². The fourth-order valence-electron chi connectivity index (χ4n) is 2.06. The minimum Gasteiger partial charge on any atom is -0.473 e. The molecule has 5 nitrogen and oxygen atoms in total. The molecule has 1 aliphatic rings. The van der Waals surface area contributed by atoms with Crippen molar-refractivity contribution in [1.82, 2.24) is 0 Å². The summed E-state index contributed by atoms with van der Waals surface area (Å²) in [5.41, 5.74) is 0. The van der Waals surface area contributed by atoms with E-state index in [1.54, 1.807) is 48.5 Å². The number of aliphatic hydroxyl groups excluding tert-OH is 1. The molecule has 1 unspecified atom stereocenters. The SMILES string of the molecule is OCC1COC(C(Oc2ccc(Cl)cc2)Oc2ccc(Cl)cc2)=N1. The molecule has 24 heavy (non-hydrogen) atoms. The van der Waals surface area contributed by atoms with Gasteiger partial charge >= 0.3 is 6.29 Å². The maximum Gasteiger partial charge on any atom is 0.318 e. The van der Waals surface area contributed by atoms with Crippen molar-refractivity contribution in [2.24, 2.45) is 4.99 Å². The largest absolute Gasteiger partial charge is 0.473 e. The highest BCUT2D eigenvalue weighted by Gasteiger charge is 2.29. The van der Waals surface area contributed by atoms with Gasteiger partial charge in [-0.25, -0.2) is 4.99 Å². The third-order valence-corrected chi connectivity index (χ3v) is 3.76. The molecule has 0 aromatic heterocycles. The Hall–Kier alpha value is -1.95. The second-order valence-electron chi connectivity index (χ2n) is 5.09. The Morgan fingerprint density at radius 2 is 1.50 bits per heavy atom. The molecule has 2 aromatic rings. The van der Waals surface area contributed by atoms with Crippen LogP contribution in [0.1, 0.15) is 0 Å². The van der Waals surface area contributed by atoms with Crippen molar-refractivity contribution in [3.8, 4) is 11.5 Å². The topological polar surface area (TPSA) is 60.3 Å². The van der Waals surface area contributed by atoms with Crippen molar-refractivity contribution in [3.63, 3.8) is 0 Å².